The maximum Gasteiger partial charge on any atom is 0.254 e. The highest BCUT2D eigenvalue weighted by atomic mass is 35.5. The summed E-state index contributed by atoms with van der Waals surface area (Å²) in [6.07, 6.45) is 6.66. The minimum absolute atomic E-state index is 0. The minimum atomic E-state index is 0. The van der Waals surface area contributed by atoms with Crippen LogP contribution in [0.25, 0.3) is 22.5 Å². The first kappa shape index (κ1) is 25.2. The average molecular weight is 468 g/mol. The van der Waals surface area contributed by atoms with Crippen LogP contribution in [0.5, 0.6) is 0 Å². The largest absolute Gasteiger partial charge is 0.463 e. The molecule has 0 atom stereocenters. The molecule has 0 aliphatic carbocycles. The van der Waals surface area contributed by atoms with Crippen molar-refractivity contribution >= 4 is 41.8 Å². The highest BCUT2D eigenvalue weighted by Crippen LogP contribution is 2.29. The van der Waals surface area contributed by atoms with E-state index in [9.17, 15) is 4.79 Å². The fraction of sp³-hybridized carbons (Fsp3) is 0.500. The third kappa shape index (κ3) is 5.22. The number of piperidine rings is 1. The summed E-state index contributed by atoms with van der Waals surface area (Å²) in [5.74, 6) is 1.40. The van der Waals surface area contributed by atoms with Gasteiger partial charge in [0, 0.05) is 19.1 Å². The van der Waals surface area contributed by atoms with Crippen LogP contribution < -0.4 is 5.32 Å². The average Bonchev–Trinajstić information content (AvgIpc) is 3.41. The van der Waals surface area contributed by atoms with Crippen LogP contribution in [0.2, 0.25) is 0 Å². The molecule has 9 heteroatoms. The van der Waals surface area contributed by atoms with Crippen molar-refractivity contribution in [2.75, 3.05) is 26.7 Å². The van der Waals surface area contributed by atoms with Crippen LogP contribution in [-0.4, -0.2) is 52.3 Å². The third-order valence-corrected chi connectivity index (χ3v) is 5.76. The van der Waals surface area contributed by atoms with Gasteiger partial charge in [0.25, 0.3) is 5.91 Å². The number of carbonyl (C=O) groups excluding carboxylic acids is 1. The number of likely N-dealkylation sites (tertiary alicyclic amines) is 1. The van der Waals surface area contributed by atoms with Crippen molar-refractivity contribution in [3.8, 4) is 11.5 Å². The summed E-state index contributed by atoms with van der Waals surface area (Å²) in [5.41, 5.74) is 2.04. The van der Waals surface area contributed by atoms with Gasteiger partial charge < -0.3 is 14.6 Å². The SMILES string of the molecule is CNCCC1CCN(C(=O)c2cc(-c3ccco3)nc3c2cnn3C(C)C)CC1.Cl.Cl. The van der Waals surface area contributed by atoms with E-state index >= 15 is 0 Å². The maximum atomic E-state index is 13.5. The maximum absolute atomic E-state index is 13.5. The van der Waals surface area contributed by atoms with Crippen molar-refractivity contribution < 1.29 is 9.21 Å². The second-order valence-corrected chi connectivity index (χ2v) is 8.08. The van der Waals surface area contributed by atoms with Gasteiger partial charge in [-0.25, -0.2) is 9.67 Å². The standard InChI is InChI=1S/C22H29N5O2.2ClH/c1-15(2)27-21-18(14-24-27)17(13-19(25-21)20-5-4-12-29-20)22(28)26-10-7-16(8-11-26)6-9-23-3;;/h4-5,12-16,23H,6-11H2,1-3H3;2*1H. The van der Waals surface area contributed by atoms with E-state index in [0.29, 0.717) is 22.9 Å². The topological polar surface area (TPSA) is 76.2 Å². The van der Waals surface area contributed by atoms with Gasteiger partial charge in [0.1, 0.15) is 5.69 Å². The first-order valence-corrected chi connectivity index (χ1v) is 10.4. The number of pyridine rings is 1. The zero-order valence-electron chi connectivity index (χ0n) is 18.2. The molecule has 0 radical (unpaired) electrons. The van der Waals surface area contributed by atoms with E-state index in [1.807, 2.05) is 34.8 Å². The van der Waals surface area contributed by atoms with Gasteiger partial charge in [-0.3, -0.25) is 4.79 Å². The second-order valence-electron chi connectivity index (χ2n) is 8.08. The Hall–Kier alpha value is -2.09. The van der Waals surface area contributed by atoms with Crippen LogP contribution >= 0.6 is 24.8 Å². The van der Waals surface area contributed by atoms with Crippen LogP contribution in [0.4, 0.5) is 0 Å². The van der Waals surface area contributed by atoms with Gasteiger partial charge in [-0.05, 0) is 70.8 Å². The summed E-state index contributed by atoms with van der Waals surface area (Å²) in [5, 5.41) is 8.52. The number of nitrogens with one attached hydrogen (secondary N) is 1. The molecule has 4 heterocycles. The molecule has 1 aliphatic heterocycles. The Morgan fingerprint density at radius 3 is 2.65 bits per heavy atom. The lowest BCUT2D eigenvalue weighted by atomic mass is 9.93. The van der Waals surface area contributed by atoms with E-state index in [0.717, 1.165) is 43.5 Å². The van der Waals surface area contributed by atoms with Crippen LogP contribution in [0.1, 0.15) is 49.5 Å². The van der Waals surface area contributed by atoms with Gasteiger partial charge in [-0.15, -0.1) is 24.8 Å². The molecule has 0 bridgehead atoms. The predicted octanol–water partition coefficient (Wildman–Crippen LogP) is 4.58. The monoisotopic (exact) mass is 467 g/mol. The number of hydrogen-bond acceptors (Lipinski definition) is 5. The van der Waals surface area contributed by atoms with Gasteiger partial charge in [-0.2, -0.15) is 5.10 Å². The number of fused-ring (bicyclic) bond motifs is 1. The van der Waals surface area contributed by atoms with Crippen molar-refractivity contribution in [1.29, 1.82) is 0 Å². The zero-order chi connectivity index (χ0) is 20.4. The van der Waals surface area contributed by atoms with Crippen LogP contribution in [0.15, 0.2) is 35.1 Å². The summed E-state index contributed by atoms with van der Waals surface area (Å²) in [6, 6.07) is 5.70. The van der Waals surface area contributed by atoms with E-state index in [1.54, 1.807) is 12.5 Å². The first-order valence-electron chi connectivity index (χ1n) is 10.4. The molecule has 1 aliphatic rings. The highest BCUT2D eigenvalue weighted by Gasteiger charge is 2.26. The number of nitrogens with zero attached hydrogens (tertiary/aromatic N) is 4. The van der Waals surface area contributed by atoms with Crippen molar-refractivity contribution in [3.63, 3.8) is 0 Å². The molecule has 0 saturated carbocycles. The number of amides is 1. The van der Waals surface area contributed by atoms with Crippen LogP contribution in [0, 0.1) is 5.92 Å². The molecule has 0 unspecified atom stereocenters. The van der Waals surface area contributed by atoms with Crippen LogP contribution in [-0.2, 0) is 0 Å². The molecule has 1 N–H and O–H groups in total. The van der Waals surface area contributed by atoms with E-state index < -0.39 is 0 Å². The van der Waals surface area contributed by atoms with E-state index in [-0.39, 0.29) is 36.8 Å². The lowest BCUT2D eigenvalue weighted by Gasteiger charge is -2.32. The van der Waals surface area contributed by atoms with Gasteiger partial charge >= 0.3 is 0 Å². The molecule has 31 heavy (non-hydrogen) atoms. The molecule has 0 spiro atoms. The van der Waals surface area contributed by atoms with Gasteiger partial charge in [-0.1, -0.05) is 0 Å². The summed E-state index contributed by atoms with van der Waals surface area (Å²) in [6.45, 7) is 6.75. The Morgan fingerprint density at radius 1 is 1.29 bits per heavy atom. The zero-order valence-corrected chi connectivity index (χ0v) is 19.8. The number of halogens is 2. The second kappa shape index (κ2) is 11.0. The van der Waals surface area contributed by atoms with Crippen molar-refractivity contribution in [2.24, 2.45) is 5.92 Å². The fourth-order valence-electron chi connectivity index (χ4n) is 4.07. The minimum Gasteiger partial charge on any atom is -0.463 e. The highest BCUT2D eigenvalue weighted by molar-refractivity contribution is 6.06. The van der Waals surface area contributed by atoms with Gasteiger partial charge in [0.15, 0.2) is 11.4 Å². The molecule has 1 amide bonds. The Morgan fingerprint density at radius 2 is 2.03 bits per heavy atom. The summed E-state index contributed by atoms with van der Waals surface area (Å²) < 4.78 is 7.42. The molecule has 3 aromatic rings. The number of aromatic nitrogens is 3. The van der Waals surface area contributed by atoms with Crippen LogP contribution in [0.3, 0.4) is 0 Å². The number of carbonyl (C=O) groups is 1. The molecule has 0 aromatic carbocycles. The molecule has 4 rings (SSSR count). The first-order chi connectivity index (χ1) is 14.1. The van der Waals surface area contributed by atoms with Crippen molar-refractivity contribution in [1.82, 2.24) is 25.0 Å². The summed E-state index contributed by atoms with van der Waals surface area (Å²) >= 11 is 0. The molecule has 7 nitrogen and oxygen atoms in total. The quantitative estimate of drug-likeness (QED) is 0.573. The lowest BCUT2D eigenvalue weighted by molar-refractivity contribution is 0.0689. The van der Waals surface area contributed by atoms with Crippen molar-refractivity contribution in [2.45, 2.75) is 39.2 Å². The smallest absolute Gasteiger partial charge is 0.254 e. The predicted molar refractivity (Wildman–Crippen MR) is 127 cm³/mol. The van der Waals surface area contributed by atoms with E-state index in [2.05, 4.69) is 24.3 Å². The lowest BCUT2D eigenvalue weighted by Crippen LogP contribution is -2.39. The van der Waals surface area contributed by atoms with Gasteiger partial charge in [0.05, 0.1) is 23.4 Å². The normalized spacial score (nSPS) is 14.5. The number of rotatable bonds is 6. The molecule has 1 fully saturated rings. The molecule has 3 aromatic heterocycles. The van der Waals surface area contributed by atoms with E-state index in [1.165, 1.54) is 6.42 Å². The van der Waals surface area contributed by atoms with E-state index in [4.69, 9.17) is 9.40 Å². The molecular formula is C22H31Cl2N5O2. The summed E-state index contributed by atoms with van der Waals surface area (Å²) in [4.78, 5) is 20.2. The Balaban J connectivity index is 0.00000171. The third-order valence-electron chi connectivity index (χ3n) is 5.76. The Labute approximate surface area is 195 Å². The number of furan rings is 1. The Bertz CT molecular complexity index is 979. The molecule has 170 valence electrons. The summed E-state index contributed by atoms with van der Waals surface area (Å²) in [7, 11) is 1.99. The molecule has 1 saturated heterocycles. The fourth-order valence-corrected chi connectivity index (χ4v) is 4.07. The number of hydrogen-bond donors (Lipinski definition) is 1. The van der Waals surface area contributed by atoms with Gasteiger partial charge in [0.2, 0.25) is 0 Å². The van der Waals surface area contributed by atoms with Crippen molar-refractivity contribution in [3.05, 3.63) is 36.2 Å². The molecular weight excluding hydrogens is 437 g/mol. The Kier molecular flexibility index (Phi) is 8.91.